The van der Waals surface area contributed by atoms with E-state index < -0.39 is 0 Å². The summed E-state index contributed by atoms with van der Waals surface area (Å²) in [6, 6.07) is 7.07. The van der Waals surface area contributed by atoms with Gasteiger partial charge in [0.05, 0.1) is 6.54 Å². The van der Waals surface area contributed by atoms with Gasteiger partial charge >= 0.3 is 0 Å². The maximum absolute atomic E-state index is 11.3. The molecule has 0 spiro atoms. The van der Waals surface area contributed by atoms with E-state index in [0.29, 0.717) is 13.1 Å². The zero-order chi connectivity index (χ0) is 12.0. The molecule has 0 aliphatic carbocycles. The lowest BCUT2D eigenvalue weighted by molar-refractivity contribution is -0.121. The zero-order valence-electron chi connectivity index (χ0n) is 9.73. The van der Waals surface area contributed by atoms with Gasteiger partial charge in [-0.15, -0.1) is 0 Å². The molecule has 0 aliphatic rings. The first-order valence-electron chi connectivity index (χ1n) is 5.27. The summed E-state index contributed by atoms with van der Waals surface area (Å²) in [6.45, 7) is 0.996. The molecule has 1 aromatic carbocycles. The Morgan fingerprint density at radius 1 is 1.44 bits per heavy atom. The Morgan fingerprint density at radius 2 is 2.19 bits per heavy atom. The van der Waals surface area contributed by atoms with Crippen LogP contribution in [0, 0.1) is 0 Å². The number of hydrogen-bond donors (Lipinski definition) is 2. The van der Waals surface area contributed by atoms with Crippen LogP contribution < -0.4 is 5.32 Å². The van der Waals surface area contributed by atoms with Crippen LogP contribution in [0.1, 0.15) is 5.56 Å². The largest absolute Gasteiger partial charge is 0.508 e. The molecule has 88 valence electrons. The summed E-state index contributed by atoms with van der Waals surface area (Å²) < 4.78 is 0. The zero-order valence-corrected chi connectivity index (χ0v) is 9.73. The molecule has 0 radical (unpaired) electrons. The highest BCUT2D eigenvalue weighted by Crippen LogP contribution is 2.10. The molecule has 0 fully saturated rings. The van der Waals surface area contributed by atoms with Crippen molar-refractivity contribution in [3.05, 3.63) is 29.8 Å². The van der Waals surface area contributed by atoms with E-state index in [1.165, 1.54) is 0 Å². The monoisotopic (exact) mass is 222 g/mol. The van der Waals surface area contributed by atoms with Gasteiger partial charge in [0.25, 0.3) is 0 Å². The highest BCUT2D eigenvalue weighted by Gasteiger charge is 2.01. The maximum Gasteiger partial charge on any atom is 0.234 e. The van der Waals surface area contributed by atoms with Crippen LogP contribution >= 0.6 is 0 Å². The Morgan fingerprint density at radius 3 is 2.81 bits per heavy atom. The first-order chi connectivity index (χ1) is 7.58. The molecule has 0 atom stereocenters. The highest BCUT2D eigenvalue weighted by atomic mass is 16.3. The molecule has 0 aromatic heterocycles. The van der Waals surface area contributed by atoms with Crippen molar-refractivity contribution < 1.29 is 9.90 Å². The second-order valence-electron chi connectivity index (χ2n) is 4.01. The summed E-state index contributed by atoms with van der Waals surface area (Å²) in [4.78, 5) is 13.1. The van der Waals surface area contributed by atoms with Crippen LogP contribution in [0.25, 0.3) is 0 Å². The minimum Gasteiger partial charge on any atom is -0.508 e. The SMILES string of the molecule is CN(C)CC(=O)NCCc1cccc(O)c1. The van der Waals surface area contributed by atoms with Crippen LogP contribution in [0.15, 0.2) is 24.3 Å². The van der Waals surface area contributed by atoms with Crippen molar-refractivity contribution in [2.45, 2.75) is 6.42 Å². The molecule has 0 saturated carbocycles. The average molecular weight is 222 g/mol. The maximum atomic E-state index is 11.3. The van der Waals surface area contributed by atoms with Crippen LogP contribution in [-0.4, -0.2) is 43.1 Å². The third-order valence-electron chi connectivity index (χ3n) is 2.11. The summed E-state index contributed by atoms with van der Waals surface area (Å²) in [5.74, 6) is 0.280. The fourth-order valence-electron chi connectivity index (χ4n) is 1.40. The Balaban J connectivity index is 2.28. The van der Waals surface area contributed by atoms with E-state index in [1.54, 1.807) is 18.2 Å². The number of aromatic hydroxyl groups is 1. The highest BCUT2D eigenvalue weighted by molar-refractivity contribution is 5.77. The number of nitrogens with one attached hydrogen (secondary N) is 1. The van der Waals surface area contributed by atoms with E-state index in [-0.39, 0.29) is 11.7 Å². The van der Waals surface area contributed by atoms with Crippen LogP contribution in [0.3, 0.4) is 0 Å². The Labute approximate surface area is 95.9 Å². The van der Waals surface area contributed by atoms with Gasteiger partial charge in [0.2, 0.25) is 5.91 Å². The molecular weight excluding hydrogens is 204 g/mol. The summed E-state index contributed by atoms with van der Waals surface area (Å²) in [7, 11) is 3.71. The van der Waals surface area contributed by atoms with Crippen molar-refractivity contribution in [1.29, 1.82) is 0 Å². The van der Waals surface area contributed by atoms with Crippen LogP contribution in [-0.2, 0) is 11.2 Å². The van der Waals surface area contributed by atoms with Crippen molar-refractivity contribution in [2.24, 2.45) is 0 Å². The lowest BCUT2D eigenvalue weighted by atomic mass is 10.1. The van der Waals surface area contributed by atoms with Gasteiger partial charge in [0.1, 0.15) is 5.75 Å². The Kier molecular flexibility index (Phi) is 4.79. The molecular formula is C12H18N2O2. The molecule has 0 saturated heterocycles. The van der Waals surface area contributed by atoms with E-state index in [1.807, 2.05) is 25.1 Å². The van der Waals surface area contributed by atoms with Crippen molar-refractivity contribution in [1.82, 2.24) is 10.2 Å². The molecule has 4 nitrogen and oxygen atoms in total. The number of likely N-dealkylation sites (N-methyl/N-ethyl adjacent to an activating group) is 1. The number of phenolic OH excluding ortho intramolecular Hbond substituents is 1. The van der Waals surface area contributed by atoms with Crippen molar-refractivity contribution in [3.8, 4) is 5.75 Å². The number of benzene rings is 1. The average Bonchev–Trinajstić information content (AvgIpc) is 2.16. The summed E-state index contributed by atoms with van der Waals surface area (Å²) in [6.07, 6.45) is 0.730. The number of carbonyl (C=O) groups excluding carboxylic acids is 1. The normalized spacial score (nSPS) is 10.4. The van der Waals surface area contributed by atoms with Crippen LogP contribution in [0.4, 0.5) is 0 Å². The van der Waals surface area contributed by atoms with Crippen LogP contribution in [0.2, 0.25) is 0 Å². The molecule has 1 aromatic rings. The molecule has 2 N–H and O–H groups in total. The number of carbonyl (C=O) groups is 1. The van der Waals surface area contributed by atoms with Gasteiger partial charge < -0.3 is 15.3 Å². The summed E-state index contributed by atoms with van der Waals surface area (Å²) in [5.41, 5.74) is 1.02. The second kappa shape index (κ2) is 6.12. The molecule has 1 rings (SSSR count). The topological polar surface area (TPSA) is 52.6 Å². The minimum absolute atomic E-state index is 0.0187. The Bertz CT molecular complexity index is 351. The molecule has 1 amide bonds. The predicted octanol–water partition coefficient (Wildman–Crippen LogP) is 0.612. The Hall–Kier alpha value is -1.55. The molecule has 0 bridgehead atoms. The number of rotatable bonds is 5. The summed E-state index contributed by atoms with van der Waals surface area (Å²) >= 11 is 0. The third-order valence-corrected chi connectivity index (χ3v) is 2.11. The van der Waals surface area contributed by atoms with Gasteiger partial charge in [-0.05, 0) is 38.2 Å². The number of hydrogen-bond acceptors (Lipinski definition) is 3. The van der Waals surface area contributed by atoms with Crippen molar-refractivity contribution in [3.63, 3.8) is 0 Å². The van der Waals surface area contributed by atoms with E-state index in [2.05, 4.69) is 5.32 Å². The van der Waals surface area contributed by atoms with Gasteiger partial charge in [-0.1, -0.05) is 12.1 Å². The lowest BCUT2D eigenvalue weighted by Crippen LogP contribution is -2.34. The van der Waals surface area contributed by atoms with Crippen LogP contribution in [0.5, 0.6) is 5.75 Å². The van der Waals surface area contributed by atoms with Gasteiger partial charge in [0.15, 0.2) is 0 Å². The smallest absolute Gasteiger partial charge is 0.234 e. The molecule has 0 heterocycles. The number of amides is 1. The van der Waals surface area contributed by atoms with E-state index >= 15 is 0 Å². The van der Waals surface area contributed by atoms with Gasteiger partial charge in [-0.3, -0.25) is 4.79 Å². The van der Waals surface area contributed by atoms with Crippen molar-refractivity contribution >= 4 is 5.91 Å². The number of phenols is 1. The first kappa shape index (κ1) is 12.5. The van der Waals surface area contributed by atoms with Gasteiger partial charge in [-0.2, -0.15) is 0 Å². The lowest BCUT2D eigenvalue weighted by Gasteiger charge is -2.10. The molecule has 0 unspecified atom stereocenters. The summed E-state index contributed by atoms with van der Waals surface area (Å²) in [5, 5.41) is 12.1. The number of nitrogens with zero attached hydrogens (tertiary/aromatic N) is 1. The first-order valence-corrected chi connectivity index (χ1v) is 5.27. The molecule has 4 heteroatoms. The standard InChI is InChI=1S/C12H18N2O2/c1-14(2)9-12(16)13-7-6-10-4-3-5-11(15)8-10/h3-5,8,15H,6-7,9H2,1-2H3,(H,13,16). The van der Waals surface area contributed by atoms with E-state index in [9.17, 15) is 9.90 Å². The van der Waals surface area contributed by atoms with E-state index in [4.69, 9.17) is 0 Å². The fraction of sp³-hybridized carbons (Fsp3) is 0.417. The molecule has 16 heavy (non-hydrogen) atoms. The second-order valence-corrected chi connectivity index (χ2v) is 4.01. The predicted molar refractivity (Wildman–Crippen MR) is 63.4 cm³/mol. The van der Waals surface area contributed by atoms with Gasteiger partial charge in [-0.25, -0.2) is 0 Å². The fourth-order valence-corrected chi connectivity index (χ4v) is 1.40. The minimum atomic E-state index is 0.0187. The van der Waals surface area contributed by atoms with Gasteiger partial charge in [0, 0.05) is 6.54 Å². The van der Waals surface area contributed by atoms with Crippen molar-refractivity contribution in [2.75, 3.05) is 27.2 Å². The van der Waals surface area contributed by atoms with E-state index in [0.717, 1.165) is 12.0 Å². The quantitative estimate of drug-likeness (QED) is 0.767. The third kappa shape index (κ3) is 4.79. The molecule has 0 aliphatic heterocycles.